The van der Waals surface area contributed by atoms with Crippen molar-refractivity contribution in [2.24, 2.45) is 0 Å². The predicted octanol–water partition coefficient (Wildman–Crippen LogP) is 1.90. The van der Waals surface area contributed by atoms with Crippen LogP contribution >= 0.6 is 11.8 Å². The maximum atomic E-state index is 12.1. The van der Waals surface area contributed by atoms with Crippen LogP contribution in [0.1, 0.15) is 20.3 Å². The number of amides is 2. The Morgan fingerprint density at radius 1 is 1.39 bits per heavy atom. The normalized spacial score (nSPS) is 19.9. The Bertz CT molecular complexity index is 488. The summed E-state index contributed by atoms with van der Waals surface area (Å²) in [5, 5.41) is -0.318. The lowest BCUT2D eigenvalue weighted by Gasteiger charge is -2.18. The highest BCUT2D eigenvalue weighted by Crippen LogP contribution is 2.32. The van der Waals surface area contributed by atoms with Crippen molar-refractivity contribution < 1.29 is 9.59 Å². The van der Waals surface area contributed by atoms with Crippen LogP contribution in [0.25, 0.3) is 0 Å². The molecular formula is C13H16N2O2S. The third-order valence-electron chi connectivity index (χ3n) is 2.79. The van der Waals surface area contributed by atoms with Crippen molar-refractivity contribution in [3.8, 4) is 0 Å². The van der Waals surface area contributed by atoms with Gasteiger partial charge in [-0.15, -0.1) is 11.8 Å². The fraction of sp³-hybridized carbons (Fsp3) is 0.385. The first kappa shape index (κ1) is 13.0. The molecule has 1 aromatic rings. The quantitative estimate of drug-likeness (QED) is 0.669. The largest absolute Gasteiger partial charge is 0.399 e. The van der Waals surface area contributed by atoms with Crippen molar-refractivity contribution in [3.05, 3.63) is 24.3 Å². The molecule has 0 aliphatic carbocycles. The molecule has 2 rings (SSSR count). The molecule has 0 bridgehead atoms. The molecule has 1 atom stereocenters. The number of carbonyl (C=O) groups excluding carboxylic acids is 2. The second kappa shape index (κ2) is 5.02. The van der Waals surface area contributed by atoms with E-state index in [9.17, 15) is 9.59 Å². The lowest BCUT2D eigenvalue weighted by molar-refractivity contribution is -0.140. The lowest BCUT2D eigenvalue weighted by Crippen LogP contribution is -2.37. The van der Waals surface area contributed by atoms with Gasteiger partial charge in [0.2, 0.25) is 11.8 Å². The lowest BCUT2D eigenvalue weighted by atomic mass is 10.3. The van der Waals surface area contributed by atoms with Gasteiger partial charge in [0.1, 0.15) is 0 Å². The number of hydrogen-bond acceptors (Lipinski definition) is 4. The number of carbonyl (C=O) groups is 2. The van der Waals surface area contributed by atoms with E-state index in [0.29, 0.717) is 5.69 Å². The Morgan fingerprint density at radius 2 is 2.11 bits per heavy atom. The molecule has 1 saturated heterocycles. The first-order chi connectivity index (χ1) is 8.49. The molecule has 5 heteroatoms. The van der Waals surface area contributed by atoms with Gasteiger partial charge >= 0.3 is 0 Å². The van der Waals surface area contributed by atoms with E-state index in [0.717, 1.165) is 4.90 Å². The second-order valence-corrected chi connectivity index (χ2v) is 5.85. The van der Waals surface area contributed by atoms with E-state index < -0.39 is 0 Å². The van der Waals surface area contributed by atoms with Gasteiger partial charge in [0.05, 0.1) is 5.25 Å². The molecule has 1 fully saturated rings. The summed E-state index contributed by atoms with van der Waals surface area (Å²) in [5.74, 6) is -0.182. The molecule has 0 spiro atoms. The van der Waals surface area contributed by atoms with Gasteiger partial charge in [0, 0.05) is 23.0 Å². The van der Waals surface area contributed by atoms with Crippen molar-refractivity contribution >= 4 is 29.3 Å². The summed E-state index contributed by atoms with van der Waals surface area (Å²) >= 11 is 1.41. The van der Waals surface area contributed by atoms with Crippen LogP contribution < -0.4 is 5.73 Å². The zero-order valence-corrected chi connectivity index (χ0v) is 11.2. The highest BCUT2D eigenvalue weighted by Gasteiger charge is 2.40. The van der Waals surface area contributed by atoms with Gasteiger partial charge in [-0.25, -0.2) is 0 Å². The number of thioether (sulfide) groups is 1. The van der Waals surface area contributed by atoms with Crippen molar-refractivity contribution in [3.63, 3.8) is 0 Å². The van der Waals surface area contributed by atoms with Crippen LogP contribution in [0.4, 0.5) is 5.69 Å². The molecule has 0 saturated carbocycles. The molecule has 96 valence electrons. The molecule has 1 aromatic carbocycles. The van der Waals surface area contributed by atoms with Crippen molar-refractivity contribution in [1.29, 1.82) is 0 Å². The molecule has 18 heavy (non-hydrogen) atoms. The van der Waals surface area contributed by atoms with E-state index in [-0.39, 0.29) is 29.5 Å². The van der Waals surface area contributed by atoms with Gasteiger partial charge in [-0.3, -0.25) is 14.5 Å². The Morgan fingerprint density at radius 3 is 2.67 bits per heavy atom. The third-order valence-corrected chi connectivity index (χ3v) is 3.97. The summed E-state index contributed by atoms with van der Waals surface area (Å²) in [6.07, 6.45) is 0.274. The van der Waals surface area contributed by atoms with Crippen molar-refractivity contribution in [1.82, 2.24) is 4.90 Å². The first-order valence-corrected chi connectivity index (χ1v) is 6.75. The highest BCUT2D eigenvalue weighted by molar-refractivity contribution is 8.00. The van der Waals surface area contributed by atoms with E-state index in [4.69, 9.17) is 5.73 Å². The topological polar surface area (TPSA) is 63.4 Å². The van der Waals surface area contributed by atoms with Crippen LogP contribution in [-0.4, -0.2) is 28.0 Å². The smallest absolute Gasteiger partial charge is 0.243 e. The zero-order chi connectivity index (χ0) is 13.3. The number of likely N-dealkylation sites (tertiary alicyclic amines) is 1. The van der Waals surface area contributed by atoms with Crippen molar-refractivity contribution in [2.75, 3.05) is 5.73 Å². The van der Waals surface area contributed by atoms with E-state index >= 15 is 0 Å². The number of hydrogen-bond donors (Lipinski definition) is 1. The molecule has 2 amide bonds. The molecule has 1 aliphatic rings. The van der Waals surface area contributed by atoms with Gasteiger partial charge in [0.25, 0.3) is 0 Å². The molecule has 0 radical (unpaired) electrons. The van der Waals surface area contributed by atoms with E-state index in [1.54, 1.807) is 6.07 Å². The fourth-order valence-electron chi connectivity index (χ4n) is 2.01. The summed E-state index contributed by atoms with van der Waals surface area (Å²) in [7, 11) is 0. The summed E-state index contributed by atoms with van der Waals surface area (Å²) < 4.78 is 0. The van der Waals surface area contributed by atoms with Crippen molar-refractivity contribution in [2.45, 2.75) is 36.5 Å². The van der Waals surface area contributed by atoms with E-state index in [2.05, 4.69) is 0 Å². The van der Waals surface area contributed by atoms with Gasteiger partial charge in [-0.2, -0.15) is 0 Å². The molecule has 0 aromatic heterocycles. The zero-order valence-electron chi connectivity index (χ0n) is 10.4. The summed E-state index contributed by atoms with van der Waals surface area (Å²) in [5.41, 5.74) is 6.36. The average molecular weight is 264 g/mol. The standard InChI is InChI=1S/C13H16N2O2S/c1-8(2)15-12(16)7-11(13(15)17)18-10-5-3-4-9(14)6-10/h3-6,8,11H,7,14H2,1-2H3. The Hall–Kier alpha value is -1.49. The van der Waals surface area contributed by atoms with E-state index in [1.807, 2.05) is 32.0 Å². The molecular weight excluding hydrogens is 248 g/mol. The molecule has 1 heterocycles. The van der Waals surface area contributed by atoms with Crippen LogP contribution in [-0.2, 0) is 9.59 Å². The van der Waals surface area contributed by atoms with Gasteiger partial charge in [0.15, 0.2) is 0 Å². The number of nitrogens with zero attached hydrogens (tertiary/aromatic N) is 1. The minimum atomic E-state index is -0.318. The predicted molar refractivity (Wildman–Crippen MR) is 72.1 cm³/mol. The Kier molecular flexibility index (Phi) is 3.61. The van der Waals surface area contributed by atoms with Crippen LogP contribution in [0.15, 0.2) is 29.2 Å². The maximum Gasteiger partial charge on any atom is 0.243 e. The minimum Gasteiger partial charge on any atom is -0.399 e. The Balaban J connectivity index is 2.12. The molecule has 4 nitrogen and oxygen atoms in total. The van der Waals surface area contributed by atoms with Gasteiger partial charge in [-0.1, -0.05) is 6.07 Å². The van der Waals surface area contributed by atoms with Gasteiger partial charge in [-0.05, 0) is 32.0 Å². The van der Waals surface area contributed by atoms with Crippen LogP contribution in [0.5, 0.6) is 0 Å². The van der Waals surface area contributed by atoms with Gasteiger partial charge < -0.3 is 5.73 Å². The van der Waals surface area contributed by atoms with Crippen LogP contribution in [0, 0.1) is 0 Å². The summed E-state index contributed by atoms with van der Waals surface area (Å²) in [4.78, 5) is 26.1. The average Bonchev–Trinajstić information content (AvgIpc) is 2.54. The van der Waals surface area contributed by atoms with E-state index in [1.165, 1.54) is 16.7 Å². The number of nitrogens with two attached hydrogens (primary N) is 1. The number of anilines is 1. The SMILES string of the molecule is CC(C)N1C(=O)CC(Sc2cccc(N)c2)C1=O. The molecule has 2 N–H and O–H groups in total. The number of nitrogen functional groups attached to an aromatic ring is 1. The molecule has 1 aliphatic heterocycles. The first-order valence-electron chi connectivity index (χ1n) is 5.87. The number of imide groups is 1. The number of rotatable bonds is 3. The second-order valence-electron chi connectivity index (χ2n) is 4.58. The minimum absolute atomic E-state index is 0.0727. The highest BCUT2D eigenvalue weighted by atomic mass is 32.2. The fourth-order valence-corrected chi connectivity index (χ4v) is 3.14. The van der Waals surface area contributed by atoms with Crippen LogP contribution in [0.3, 0.4) is 0 Å². The molecule has 1 unspecified atom stereocenters. The third kappa shape index (κ3) is 2.51. The summed E-state index contributed by atoms with van der Waals surface area (Å²) in [6.45, 7) is 3.70. The summed E-state index contributed by atoms with van der Waals surface area (Å²) in [6, 6.07) is 7.29. The van der Waals surface area contributed by atoms with Crippen LogP contribution in [0.2, 0.25) is 0 Å². The maximum absolute atomic E-state index is 12.1. The number of benzene rings is 1. The monoisotopic (exact) mass is 264 g/mol. The Labute approximate surface area is 111 Å².